The van der Waals surface area contributed by atoms with Gasteiger partial charge in [0.25, 0.3) is 0 Å². The van der Waals surface area contributed by atoms with Gasteiger partial charge in [-0.15, -0.1) is 11.8 Å². The zero-order chi connectivity index (χ0) is 15.1. The van der Waals surface area contributed by atoms with Crippen LogP contribution in [-0.4, -0.2) is 28.6 Å². The van der Waals surface area contributed by atoms with Crippen LogP contribution in [0, 0.1) is 0 Å². The SMILES string of the molecule is COc1cccc(NC(=O)CCCSc2cnn(C)c2)c1. The Morgan fingerprint density at radius 2 is 2.33 bits per heavy atom. The highest BCUT2D eigenvalue weighted by Crippen LogP contribution is 2.19. The molecule has 1 amide bonds. The molecule has 0 bridgehead atoms. The van der Waals surface area contributed by atoms with Crippen molar-refractivity contribution in [2.75, 3.05) is 18.2 Å². The van der Waals surface area contributed by atoms with Crippen molar-refractivity contribution in [3.63, 3.8) is 0 Å². The number of nitrogens with zero attached hydrogens (tertiary/aromatic N) is 2. The van der Waals surface area contributed by atoms with Crippen molar-refractivity contribution in [3.05, 3.63) is 36.7 Å². The molecule has 0 saturated carbocycles. The summed E-state index contributed by atoms with van der Waals surface area (Å²) in [4.78, 5) is 13.0. The monoisotopic (exact) mass is 305 g/mol. The average Bonchev–Trinajstić information content (AvgIpc) is 2.89. The van der Waals surface area contributed by atoms with Crippen LogP contribution in [0.1, 0.15) is 12.8 Å². The number of aryl methyl sites for hydroxylation is 1. The zero-order valence-electron chi connectivity index (χ0n) is 12.2. The number of methoxy groups -OCH3 is 1. The van der Waals surface area contributed by atoms with Gasteiger partial charge in [0.2, 0.25) is 5.91 Å². The Kier molecular flexibility index (Phi) is 5.68. The third-order valence-electron chi connectivity index (χ3n) is 2.85. The molecule has 112 valence electrons. The normalized spacial score (nSPS) is 10.4. The van der Waals surface area contributed by atoms with E-state index >= 15 is 0 Å². The third-order valence-corrected chi connectivity index (χ3v) is 3.89. The van der Waals surface area contributed by atoms with Crippen molar-refractivity contribution in [1.29, 1.82) is 0 Å². The van der Waals surface area contributed by atoms with Crippen molar-refractivity contribution in [2.45, 2.75) is 17.7 Å². The van der Waals surface area contributed by atoms with E-state index in [-0.39, 0.29) is 5.91 Å². The minimum atomic E-state index is 0.0232. The number of nitrogens with one attached hydrogen (secondary N) is 1. The molecule has 6 heteroatoms. The first-order chi connectivity index (χ1) is 10.2. The molecule has 0 spiro atoms. The molecule has 0 unspecified atom stereocenters. The molecule has 0 aliphatic rings. The summed E-state index contributed by atoms with van der Waals surface area (Å²) in [5, 5.41) is 6.98. The molecule has 1 aromatic heterocycles. The van der Waals surface area contributed by atoms with Gasteiger partial charge in [-0.2, -0.15) is 5.10 Å². The first-order valence-corrected chi connectivity index (χ1v) is 7.71. The average molecular weight is 305 g/mol. The predicted molar refractivity (Wildman–Crippen MR) is 84.8 cm³/mol. The molecule has 1 N–H and O–H groups in total. The van der Waals surface area contributed by atoms with Gasteiger partial charge in [-0.05, 0) is 24.3 Å². The summed E-state index contributed by atoms with van der Waals surface area (Å²) in [5.74, 6) is 1.66. The number of rotatable bonds is 7. The fourth-order valence-corrected chi connectivity index (χ4v) is 2.69. The molecule has 5 nitrogen and oxygen atoms in total. The van der Waals surface area contributed by atoms with E-state index in [0.717, 1.165) is 28.5 Å². The molecule has 0 aliphatic carbocycles. The lowest BCUT2D eigenvalue weighted by molar-refractivity contribution is -0.116. The number of thioether (sulfide) groups is 1. The maximum Gasteiger partial charge on any atom is 0.224 e. The van der Waals surface area contributed by atoms with E-state index in [0.29, 0.717) is 6.42 Å². The maximum atomic E-state index is 11.8. The molecule has 2 rings (SSSR count). The number of benzene rings is 1. The van der Waals surface area contributed by atoms with Crippen LogP contribution < -0.4 is 10.1 Å². The largest absolute Gasteiger partial charge is 0.497 e. The van der Waals surface area contributed by atoms with Gasteiger partial charge in [0, 0.05) is 36.3 Å². The van der Waals surface area contributed by atoms with Crippen LogP contribution in [0.5, 0.6) is 5.75 Å². The first kappa shape index (κ1) is 15.4. The van der Waals surface area contributed by atoms with Crippen molar-refractivity contribution in [3.8, 4) is 5.75 Å². The number of hydrogen-bond donors (Lipinski definition) is 1. The number of carbonyl (C=O) groups is 1. The second kappa shape index (κ2) is 7.73. The highest BCUT2D eigenvalue weighted by molar-refractivity contribution is 7.99. The van der Waals surface area contributed by atoms with E-state index in [9.17, 15) is 4.79 Å². The summed E-state index contributed by atoms with van der Waals surface area (Å²) >= 11 is 1.71. The lowest BCUT2D eigenvalue weighted by Gasteiger charge is -2.06. The van der Waals surface area contributed by atoms with Crippen molar-refractivity contribution < 1.29 is 9.53 Å². The lowest BCUT2D eigenvalue weighted by Crippen LogP contribution is -2.11. The van der Waals surface area contributed by atoms with E-state index in [1.807, 2.05) is 43.7 Å². The Bertz CT molecular complexity index is 598. The van der Waals surface area contributed by atoms with Gasteiger partial charge < -0.3 is 10.1 Å². The Morgan fingerprint density at radius 1 is 1.48 bits per heavy atom. The highest BCUT2D eigenvalue weighted by atomic mass is 32.2. The summed E-state index contributed by atoms with van der Waals surface area (Å²) in [5.41, 5.74) is 0.763. The first-order valence-electron chi connectivity index (χ1n) is 6.73. The molecule has 2 aromatic rings. The Hall–Kier alpha value is -1.95. The number of carbonyl (C=O) groups excluding carboxylic acids is 1. The predicted octanol–water partition coefficient (Wildman–Crippen LogP) is 2.94. The van der Waals surface area contributed by atoms with Crippen molar-refractivity contribution in [1.82, 2.24) is 9.78 Å². The minimum Gasteiger partial charge on any atom is -0.497 e. The van der Waals surface area contributed by atoms with Crippen LogP contribution in [0.3, 0.4) is 0 Å². The molecule has 0 aliphatic heterocycles. The number of anilines is 1. The number of ether oxygens (including phenoxy) is 1. The molecule has 21 heavy (non-hydrogen) atoms. The minimum absolute atomic E-state index is 0.0232. The van der Waals surface area contributed by atoms with Gasteiger partial charge in [-0.1, -0.05) is 6.07 Å². The van der Waals surface area contributed by atoms with Gasteiger partial charge in [0.1, 0.15) is 5.75 Å². The summed E-state index contributed by atoms with van der Waals surface area (Å²) in [6, 6.07) is 7.36. The Balaban J connectivity index is 1.69. The third kappa shape index (κ3) is 5.15. The maximum absolute atomic E-state index is 11.8. The smallest absolute Gasteiger partial charge is 0.224 e. The molecule has 1 heterocycles. The van der Waals surface area contributed by atoms with Crippen LogP contribution in [0.25, 0.3) is 0 Å². The van der Waals surface area contributed by atoms with Crippen molar-refractivity contribution in [2.24, 2.45) is 7.05 Å². The second-order valence-corrected chi connectivity index (χ2v) is 5.75. The van der Waals surface area contributed by atoms with E-state index in [1.165, 1.54) is 0 Å². The van der Waals surface area contributed by atoms with Crippen molar-refractivity contribution >= 4 is 23.4 Å². The standard InChI is InChI=1S/C15H19N3O2S/c1-18-11-14(10-16-18)21-8-4-7-15(19)17-12-5-3-6-13(9-12)20-2/h3,5-6,9-11H,4,7-8H2,1-2H3,(H,17,19). The van der Waals surface area contributed by atoms with Crippen LogP contribution >= 0.6 is 11.8 Å². The van der Waals surface area contributed by atoms with Crippen LogP contribution in [-0.2, 0) is 11.8 Å². The van der Waals surface area contributed by atoms with Gasteiger partial charge in [-0.25, -0.2) is 0 Å². The summed E-state index contributed by atoms with van der Waals surface area (Å²) in [6.45, 7) is 0. The summed E-state index contributed by atoms with van der Waals surface area (Å²) < 4.78 is 6.90. The second-order valence-electron chi connectivity index (χ2n) is 4.58. The van der Waals surface area contributed by atoms with E-state index in [1.54, 1.807) is 23.6 Å². The molecular formula is C15H19N3O2S. The van der Waals surface area contributed by atoms with Gasteiger partial charge in [0.15, 0.2) is 0 Å². The van der Waals surface area contributed by atoms with E-state index in [2.05, 4.69) is 10.4 Å². The molecule has 0 atom stereocenters. The van der Waals surface area contributed by atoms with Crippen LogP contribution in [0.4, 0.5) is 5.69 Å². The van der Waals surface area contributed by atoms with E-state index in [4.69, 9.17) is 4.74 Å². The Morgan fingerprint density at radius 3 is 3.05 bits per heavy atom. The van der Waals surface area contributed by atoms with Gasteiger partial charge >= 0.3 is 0 Å². The number of hydrogen-bond acceptors (Lipinski definition) is 4. The zero-order valence-corrected chi connectivity index (χ0v) is 13.0. The van der Waals surface area contributed by atoms with Crippen LogP contribution in [0.15, 0.2) is 41.6 Å². The molecule has 0 saturated heterocycles. The molecular weight excluding hydrogens is 286 g/mol. The molecule has 0 radical (unpaired) electrons. The van der Waals surface area contributed by atoms with Crippen LogP contribution in [0.2, 0.25) is 0 Å². The quantitative estimate of drug-likeness (QED) is 0.631. The topological polar surface area (TPSA) is 56.1 Å². The lowest BCUT2D eigenvalue weighted by atomic mass is 10.2. The number of aromatic nitrogens is 2. The molecule has 0 fully saturated rings. The summed E-state index contributed by atoms with van der Waals surface area (Å²) in [7, 11) is 3.50. The fraction of sp³-hybridized carbons (Fsp3) is 0.333. The summed E-state index contributed by atoms with van der Waals surface area (Å²) in [6.07, 6.45) is 5.14. The molecule has 1 aromatic carbocycles. The Labute approximate surface area is 128 Å². The highest BCUT2D eigenvalue weighted by Gasteiger charge is 2.04. The van der Waals surface area contributed by atoms with Gasteiger partial charge in [-0.3, -0.25) is 9.48 Å². The van der Waals surface area contributed by atoms with Gasteiger partial charge in [0.05, 0.1) is 13.3 Å². The fourth-order valence-electron chi connectivity index (χ4n) is 1.82. The van der Waals surface area contributed by atoms with E-state index < -0.39 is 0 Å². The number of amides is 1.